The van der Waals surface area contributed by atoms with E-state index in [2.05, 4.69) is 9.97 Å². The highest BCUT2D eigenvalue weighted by atomic mass is 16.3. The third-order valence-corrected chi connectivity index (χ3v) is 2.15. The smallest absolute Gasteiger partial charge is 0.115 e. The van der Waals surface area contributed by atoms with Crippen molar-refractivity contribution in [1.82, 2.24) is 9.97 Å². The lowest BCUT2D eigenvalue weighted by atomic mass is 9.85. The van der Waals surface area contributed by atoms with Crippen LogP contribution in [0.1, 0.15) is 25.6 Å². The Bertz CT molecular complexity index is 261. The zero-order chi connectivity index (χ0) is 9.90. The molecule has 0 bridgehead atoms. The van der Waals surface area contributed by atoms with Gasteiger partial charge in [0.15, 0.2) is 0 Å². The number of rotatable bonds is 3. The second-order valence-electron chi connectivity index (χ2n) is 3.73. The van der Waals surface area contributed by atoms with E-state index < -0.39 is 6.10 Å². The SMILES string of the molecule is CC(C)(CN)C(O)c1ccncn1. The topological polar surface area (TPSA) is 72.0 Å². The number of aliphatic hydroxyl groups excluding tert-OH is 1. The van der Waals surface area contributed by atoms with E-state index in [9.17, 15) is 5.11 Å². The van der Waals surface area contributed by atoms with Crippen LogP contribution in [0.2, 0.25) is 0 Å². The van der Waals surface area contributed by atoms with Crippen LogP contribution in [0.5, 0.6) is 0 Å². The van der Waals surface area contributed by atoms with Gasteiger partial charge >= 0.3 is 0 Å². The van der Waals surface area contributed by atoms with Gasteiger partial charge in [-0.05, 0) is 6.07 Å². The summed E-state index contributed by atoms with van der Waals surface area (Å²) in [5.74, 6) is 0. The van der Waals surface area contributed by atoms with Crippen molar-refractivity contribution in [3.05, 3.63) is 24.3 Å². The number of nitrogens with zero attached hydrogens (tertiary/aromatic N) is 2. The molecule has 3 N–H and O–H groups in total. The first-order chi connectivity index (χ1) is 6.08. The molecule has 0 saturated carbocycles. The summed E-state index contributed by atoms with van der Waals surface area (Å²) in [5, 5.41) is 9.88. The van der Waals surface area contributed by atoms with Crippen LogP contribution >= 0.6 is 0 Å². The first-order valence-corrected chi connectivity index (χ1v) is 4.22. The molecular weight excluding hydrogens is 166 g/mol. The molecule has 0 radical (unpaired) electrons. The number of hydrogen-bond acceptors (Lipinski definition) is 4. The van der Waals surface area contributed by atoms with Crippen LogP contribution < -0.4 is 5.73 Å². The van der Waals surface area contributed by atoms with Gasteiger partial charge in [0, 0.05) is 18.2 Å². The van der Waals surface area contributed by atoms with Crippen molar-refractivity contribution in [2.75, 3.05) is 6.54 Å². The lowest BCUT2D eigenvalue weighted by Crippen LogP contribution is -2.31. The van der Waals surface area contributed by atoms with Crippen LogP contribution in [0.25, 0.3) is 0 Å². The van der Waals surface area contributed by atoms with Gasteiger partial charge in [-0.15, -0.1) is 0 Å². The van der Waals surface area contributed by atoms with Crippen LogP contribution in [0.4, 0.5) is 0 Å². The molecule has 0 aliphatic heterocycles. The Morgan fingerprint density at radius 3 is 2.77 bits per heavy atom. The Balaban J connectivity index is 2.85. The minimum atomic E-state index is -0.638. The fourth-order valence-corrected chi connectivity index (χ4v) is 0.975. The predicted octanol–water partition coefficient (Wildman–Crippen LogP) is 0.495. The molecule has 13 heavy (non-hydrogen) atoms. The molecule has 4 nitrogen and oxygen atoms in total. The highest BCUT2D eigenvalue weighted by Gasteiger charge is 2.28. The molecule has 0 spiro atoms. The number of nitrogens with two attached hydrogens (primary N) is 1. The molecule has 1 aromatic heterocycles. The Morgan fingerprint density at radius 1 is 1.62 bits per heavy atom. The number of aromatic nitrogens is 2. The van der Waals surface area contributed by atoms with Crippen LogP contribution in [-0.2, 0) is 0 Å². The highest BCUT2D eigenvalue weighted by Crippen LogP contribution is 2.30. The molecule has 1 rings (SSSR count). The molecule has 4 heteroatoms. The summed E-state index contributed by atoms with van der Waals surface area (Å²) >= 11 is 0. The molecule has 0 aliphatic rings. The summed E-state index contributed by atoms with van der Waals surface area (Å²) in [4.78, 5) is 7.76. The normalized spacial score (nSPS) is 14.2. The van der Waals surface area contributed by atoms with E-state index in [4.69, 9.17) is 5.73 Å². The molecule has 0 fully saturated rings. The second kappa shape index (κ2) is 3.81. The molecule has 72 valence electrons. The van der Waals surface area contributed by atoms with Gasteiger partial charge in [0.2, 0.25) is 0 Å². The van der Waals surface area contributed by atoms with Gasteiger partial charge in [0.25, 0.3) is 0 Å². The minimum Gasteiger partial charge on any atom is -0.386 e. The van der Waals surface area contributed by atoms with E-state index in [-0.39, 0.29) is 5.41 Å². The molecule has 0 amide bonds. The first-order valence-electron chi connectivity index (χ1n) is 4.22. The van der Waals surface area contributed by atoms with Gasteiger partial charge in [0.05, 0.1) is 5.69 Å². The fraction of sp³-hybridized carbons (Fsp3) is 0.556. The van der Waals surface area contributed by atoms with Gasteiger partial charge in [-0.1, -0.05) is 13.8 Å². The van der Waals surface area contributed by atoms with Crippen molar-refractivity contribution < 1.29 is 5.11 Å². The summed E-state index contributed by atoms with van der Waals surface area (Å²) < 4.78 is 0. The van der Waals surface area contributed by atoms with E-state index in [0.29, 0.717) is 12.2 Å². The lowest BCUT2D eigenvalue weighted by molar-refractivity contribution is 0.0517. The van der Waals surface area contributed by atoms with E-state index >= 15 is 0 Å². The maximum absolute atomic E-state index is 9.88. The summed E-state index contributed by atoms with van der Waals surface area (Å²) in [5.41, 5.74) is 5.80. The molecule has 0 aromatic carbocycles. The molecule has 1 atom stereocenters. The zero-order valence-electron chi connectivity index (χ0n) is 7.94. The van der Waals surface area contributed by atoms with E-state index in [1.807, 2.05) is 13.8 Å². The second-order valence-corrected chi connectivity index (χ2v) is 3.73. The van der Waals surface area contributed by atoms with Crippen molar-refractivity contribution in [3.8, 4) is 0 Å². The van der Waals surface area contributed by atoms with Crippen LogP contribution in [-0.4, -0.2) is 21.6 Å². The van der Waals surface area contributed by atoms with Gasteiger partial charge in [0.1, 0.15) is 12.4 Å². The lowest BCUT2D eigenvalue weighted by Gasteiger charge is -2.28. The Kier molecular flexibility index (Phi) is 2.95. The van der Waals surface area contributed by atoms with E-state index in [0.717, 1.165) is 0 Å². The van der Waals surface area contributed by atoms with Crippen LogP contribution in [0.3, 0.4) is 0 Å². The molecular formula is C9H15N3O. The maximum Gasteiger partial charge on any atom is 0.115 e. The van der Waals surface area contributed by atoms with Crippen LogP contribution in [0, 0.1) is 5.41 Å². The molecule has 1 aromatic rings. The zero-order valence-corrected chi connectivity index (χ0v) is 7.94. The average molecular weight is 181 g/mol. The molecule has 1 heterocycles. The number of aliphatic hydroxyl groups is 1. The summed E-state index contributed by atoms with van der Waals surface area (Å²) in [6.07, 6.45) is 2.39. The van der Waals surface area contributed by atoms with Gasteiger partial charge in [-0.25, -0.2) is 9.97 Å². The first kappa shape index (κ1) is 10.1. The third-order valence-electron chi connectivity index (χ3n) is 2.15. The summed E-state index contributed by atoms with van der Waals surface area (Å²) in [6.45, 7) is 4.22. The Morgan fingerprint density at radius 2 is 2.31 bits per heavy atom. The molecule has 0 aliphatic carbocycles. The maximum atomic E-state index is 9.88. The largest absolute Gasteiger partial charge is 0.386 e. The quantitative estimate of drug-likeness (QED) is 0.712. The monoisotopic (exact) mass is 181 g/mol. The fourth-order valence-electron chi connectivity index (χ4n) is 0.975. The summed E-state index contributed by atoms with van der Waals surface area (Å²) in [6, 6.07) is 1.70. The molecule has 1 unspecified atom stereocenters. The van der Waals surface area contributed by atoms with Gasteiger partial charge in [-0.2, -0.15) is 0 Å². The highest BCUT2D eigenvalue weighted by molar-refractivity contribution is 5.05. The standard InChI is InChI=1S/C9H15N3O/c1-9(2,5-10)8(13)7-3-4-11-6-12-7/h3-4,6,8,13H,5,10H2,1-2H3. The third kappa shape index (κ3) is 2.23. The van der Waals surface area contributed by atoms with Crippen LogP contribution in [0.15, 0.2) is 18.6 Å². The Hall–Kier alpha value is -1.00. The van der Waals surface area contributed by atoms with Crippen molar-refractivity contribution >= 4 is 0 Å². The van der Waals surface area contributed by atoms with Gasteiger partial charge < -0.3 is 10.8 Å². The molecule has 0 saturated heterocycles. The van der Waals surface area contributed by atoms with E-state index in [1.165, 1.54) is 6.33 Å². The Labute approximate surface area is 77.8 Å². The average Bonchev–Trinajstić information content (AvgIpc) is 2.18. The van der Waals surface area contributed by atoms with Gasteiger partial charge in [-0.3, -0.25) is 0 Å². The summed E-state index contributed by atoms with van der Waals surface area (Å²) in [7, 11) is 0. The van der Waals surface area contributed by atoms with Crippen molar-refractivity contribution in [2.24, 2.45) is 11.1 Å². The van der Waals surface area contributed by atoms with E-state index in [1.54, 1.807) is 12.3 Å². The number of hydrogen-bond donors (Lipinski definition) is 2. The van der Waals surface area contributed by atoms with Crippen molar-refractivity contribution in [3.63, 3.8) is 0 Å². The predicted molar refractivity (Wildman–Crippen MR) is 49.8 cm³/mol. The minimum absolute atomic E-state index is 0.353. The van der Waals surface area contributed by atoms with Crippen molar-refractivity contribution in [1.29, 1.82) is 0 Å². The van der Waals surface area contributed by atoms with Crippen molar-refractivity contribution in [2.45, 2.75) is 20.0 Å².